The lowest BCUT2D eigenvalue weighted by Crippen LogP contribution is -2.38. The Hall–Kier alpha value is -5.54. The van der Waals surface area contributed by atoms with E-state index in [1.165, 1.54) is 50.1 Å². The highest BCUT2D eigenvalue weighted by molar-refractivity contribution is 5.99. The van der Waals surface area contributed by atoms with Crippen LogP contribution in [0.4, 0.5) is 0 Å². The zero-order chi connectivity index (χ0) is 28.4. The van der Waals surface area contributed by atoms with Gasteiger partial charge in [-0.15, -0.1) is 4.68 Å². The number of nitrogens with zero attached hydrogens (tertiary/aromatic N) is 2. The third-order valence-electron chi connectivity index (χ3n) is 9.21. The molecule has 0 saturated carbocycles. The van der Waals surface area contributed by atoms with Crippen molar-refractivity contribution in [2.75, 3.05) is 0 Å². The van der Waals surface area contributed by atoms with Gasteiger partial charge in [0.05, 0.1) is 16.5 Å². The normalized spacial score (nSPS) is 13.4. The van der Waals surface area contributed by atoms with Gasteiger partial charge in [0, 0.05) is 5.56 Å². The van der Waals surface area contributed by atoms with E-state index >= 15 is 0 Å². The molecule has 0 aliphatic heterocycles. The lowest BCUT2D eigenvalue weighted by Gasteiger charge is -2.30. The van der Waals surface area contributed by atoms with Crippen LogP contribution in [-0.2, 0) is 12.0 Å². The molecule has 0 radical (unpaired) electrons. The van der Waals surface area contributed by atoms with Crippen LogP contribution in [0.15, 0.2) is 152 Å². The molecule has 6 aromatic carbocycles. The molecule has 1 spiro atoms. The maximum absolute atomic E-state index is 5.31. The second kappa shape index (κ2) is 9.23. The molecule has 0 atom stereocenters. The first-order valence-electron chi connectivity index (χ1n) is 14.9. The number of rotatable bonds is 4. The minimum absolute atomic E-state index is 0.371. The monoisotopic (exact) mass is 550 g/mol. The number of fused-ring (bicyclic) bond motifs is 10. The quantitative estimate of drug-likeness (QED) is 0.219. The number of aromatic amines is 1. The van der Waals surface area contributed by atoms with Crippen molar-refractivity contribution in [3.8, 4) is 45.0 Å². The molecule has 0 amide bonds. The summed E-state index contributed by atoms with van der Waals surface area (Å²) in [5.41, 5.74) is 13.6. The van der Waals surface area contributed by atoms with Crippen LogP contribution in [0.25, 0.3) is 45.0 Å². The molecule has 3 heteroatoms. The Labute approximate surface area is 250 Å². The zero-order valence-corrected chi connectivity index (χ0v) is 23.5. The fraction of sp³-hybridized carbons (Fsp3) is 0.0500. The summed E-state index contributed by atoms with van der Waals surface area (Å²) in [6.45, 7) is 0.703. The predicted octanol–water partition coefficient (Wildman–Crippen LogP) is 8.42. The summed E-state index contributed by atoms with van der Waals surface area (Å²) in [7, 11) is 0. The van der Waals surface area contributed by atoms with Crippen LogP contribution in [0.1, 0.15) is 27.8 Å². The maximum Gasteiger partial charge on any atom is 0.351 e. The molecule has 1 aromatic heterocycles. The number of nitrogens with one attached hydrogen (secondary N) is 1. The van der Waals surface area contributed by atoms with E-state index in [0.29, 0.717) is 6.54 Å². The Morgan fingerprint density at radius 2 is 1.00 bits per heavy atom. The molecule has 2 aliphatic rings. The molecule has 0 bridgehead atoms. The predicted molar refractivity (Wildman–Crippen MR) is 171 cm³/mol. The van der Waals surface area contributed by atoms with E-state index in [0.717, 1.165) is 22.8 Å². The van der Waals surface area contributed by atoms with Crippen molar-refractivity contribution in [3.63, 3.8) is 0 Å². The molecular formula is C40H28N3+. The molecule has 43 heavy (non-hydrogen) atoms. The highest BCUT2D eigenvalue weighted by Crippen LogP contribution is 2.63. The third kappa shape index (κ3) is 3.36. The van der Waals surface area contributed by atoms with Crippen molar-refractivity contribution in [2.45, 2.75) is 12.0 Å². The average Bonchev–Trinajstić information content (AvgIpc) is 3.73. The Balaban J connectivity index is 1.32. The smallest absolute Gasteiger partial charge is 0.186 e. The van der Waals surface area contributed by atoms with Crippen LogP contribution in [0.3, 0.4) is 0 Å². The van der Waals surface area contributed by atoms with Crippen molar-refractivity contribution in [1.82, 2.24) is 10.1 Å². The van der Waals surface area contributed by atoms with Gasteiger partial charge in [-0.2, -0.15) is 5.10 Å². The second-order valence-corrected chi connectivity index (χ2v) is 11.4. The van der Waals surface area contributed by atoms with Crippen LogP contribution in [0.2, 0.25) is 0 Å². The van der Waals surface area contributed by atoms with E-state index in [-0.39, 0.29) is 5.41 Å². The van der Waals surface area contributed by atoms with Gasteiger partial charge in [0.15, 0.2) is 0 Å². The summed E-state index contributed by atoms with van der Waals surface area (Å²) in [4.78, 5) is 5.31. The molecule has 0 saturated heterocycles. The SMILES string of the molecule is c1ccc(C[n+]2[nH]c(-c3cccc4c3-c3ccccc3C43c4ccccc4-c4ccccc43)nc2-c2ccccc2)cc1. The van der Waals surface area contributed by atoms with Crippen molar-refractivity contribution in [2.24, 2.45) is 0 Å². The lowest BCUT2D eigenvalue weighted by atomic mass is 9.70. The fourth-order valence-corrected chi connectivity index (χ4v) is 7.52. The number of benzene rings is 6. The first-order chi connectivity index (χ1) is 21.3. The molecule has 0 fully saturated rings. The summed E-state index contributed by atoms with van der Waals surface area (Å²) < 4.78 is 2.18. The van der Waals surface area contributed by atoms with Gasteiger partial charge >= 0.3 is 5.82 Å². The zero-order valence-electron chi connectivity index (χ0n) is 23.5. The maximum atomic E-state index is 5.31. The number of H-pyrrole nitrogens is 1. The minimum Gasteiger partial charge on any atom is -0.186 e. The number of hydrogen-bond donors (Lipinski definition) is 1. The van der Waals surface area contributed by atoms with Crippen molar-refractivity contribution in [1.29, 1.82) is 0 Å². The molecule has 0 unspecified atom stereocenters. The molecule has 9 rings (SSSR count). The number of hydrogen-bond acceptors (Lipinski definition) is 1. The summed E-state index contributed by atoms with van der Waals surface area (Å²) in [6, 6.07) is 54.6. The minimum atomic E-state index is -0.371. The molecule has 1 heterocycles. The molecule has 2 aliphatic carbocycles. The summed E-state index contributed by atoms with van der Waals surface area (Å²) in [5.74, 6) is 1.80. The van der Waals surface area contributed by atoms with E-state index in [4.69, 9.17) is 4.98 Å². The van der Waals surface area contributed by atoms with Crippen molar-refractivity contribution < 1.29 is 4.68 Å². The largest absolute Gasteiger partial charge is 0.351 e. The van der Waals surface area contributed by atoms with Gasteiger partial charge in [0.25, 0.3) is 5.82 Å². The Morgan fingerprint density at radius 1 is 0.488 bits per heavy atom. The first kappa shape index (κ1) is 24.1. The van der Waals surface area contributed by atoms with Gasteiger partial charge in [0.1, 0.15) is 6.54 Å². The average molecular weight is 551 g/mol. The van der Waals surface area contributed by atoms with Crippen molar-refractivity contribution >= 4 is 0 Å². The third-order valence-corrected chi connectivity index (χ3v) is 9.21. The van der Waals surface area contributed by atoms with Gasteiger partial charge in [-0.25, -0.2) is 0 Å². The Kier molecular flexibility index (Phi) is 5.17. The molecule has 202 valence electrons. The van der Waals surface area contributed by atoms with E-state index in [1.807, 2.05) is 0 Å². The second-order valence-electron chi connectivity index (χ2n) is 11.4. The molecule has 3 nitrogen and oxygen atoms in total. The molecular weight excluding hydrogens is 522 g/mol. The molecule has 7 aromatic rings. The van der Waals surface area contributed by atoms with Crippen LogP contribution in [-0.4, -0.2) is 10.1 Å². The fourth-order valence-electron chi connectivity index (χ4n) is 7.52. The Bertz CT molecular complexity index is 2110. The van der Waals surface area contributed by atoms with Gasteiger partial charge < -0.3 is 0 Å². The van der Waals surface area contributed by atoms with Gasteiger partial charge in [-0.3, -0.25) is 0 Å². The highest BCUT2D eigenvalue weighted by atomic mass is 15.3. The van der Waals surface area contributed by atoms with Crippen LogP contribution in [0.5, 0.6) is 0 Å². The lowest BCUT2D eigenvalue weighted by molar-refractivity contribution is -0.732. The van der Waals surface area contributed by atoms with Crippen LogP contribution in [0, 0.1) is 0 Å². The summed E-state index contributed by atoms with van der Waals surface area (Å²) in [5, 5.41) is 3.73. The summed E-state index contributed by atoms with van der Waals surface area (Å²) in [6.07, 6.45) is 0. The van der Waals surface area contributed by atoms with E-state index in [2.05, 4.69) is 161 Å². The molecule has 1 N–H and O–H groups in total. The highest BCUT2D eigenvalue weighted by Gasteiger charge is 2.52. The first-order valence-corrected chi connectivity index (χ1v) is 14.9. The van der Waals surface area contributed by atoms with E-state index in [1.54, 1.807) is 0 Å². The van der Waals surface area contributed by atoms with Gasteiger partial charge in [0.2, 0.25) is 0 Å². The summed E-state index contributed by atoms with van der Waals surface area (Å²) >= 11 is 0. The van der Waals surface area contributed by atoms with Crippen LogP contribution < -0.4 is 4.68 Å². The van der Waals surface area contributed by atoms with Gasteiger partial charge in [-0.05, 0) is 67.7 Å². The number of aromatic nitrogens is 3. The topological polar surface area (TPSA) is 32.6 Å². The van der Waals surface area contributed by atoms with E-state index < -0.39 is 0 Å². The van der Waals surface area contributed by atoms with E-state index in [9.17, 15) is 0 Å². The van der Waals surface area contributed by atoms with Crippen LogP contribution >= 0.6 is 0 Å². The van der Waals surface area contributed by atoms with Gasteiger partial charge in [-0.1, -0.05) is 133 Å². The standard InChI is InChI=1S/C40H27N3/c1-3-14-27(15-4-1)26-43-39(28-16-5-2-6-17-28)41-38(42-43)32-21-13-25-36-37(32)31-20-9-12-24-35(31)40(36)33-22-10-7-18-29(33)30-19-8-11-23-34(30)40/h1-25H,26H2/p+1. The van der Waals surface area contributed by atoms with Crippen molar-refractivity contribution in [3.05, 3.63) is 179 Å². The Morgan fingerprint density at radius 3 is 1.67 bits per heavy atom.